The monoisotopic (exact) mass is 236 g/mol. The van der Waals surface area contributed by atoms with Gasteiger partial charge in [0.1, 0.15) is 0 Å². The van der Waals surface area contributed by atoms with Gasteiger partial charge in [0.15, 0.2) is 0 Å². The Labute approximate surface area is 104 Å². The lowest BCUT2D eigenvalue weighted by molar-refractivity contribution is 0.101. The van der Waals surface area contributed by atoms with Gasteiger partial charge < -0.3 is 15.0 Å². The van der Waals surface area contributed by atoms with Gasteiger partial charge in [-0.1, -0.05) is 6.42 Å². The van der Waals surface area contributed by atoms with Crippen LogP contribution in [-0.2, 0) is 13.1 Å². The summed E-state index contributed by atoms with van der Waals surface area (Å²) >= 11 is 0. The van der Waals surface area contributed by atoms with Crippen molar-refractivity contribution in [2.75, 3.05) is 6.54 Å². The lowest BCUT2D eigenvalue weighted by atomic mass is 9.87. The normalized spacial score (nSPS) is 25.1. The first kappa shape index (κ1) is 12.7. The number of hydrogen-bond donors (Lipinski definition) is 2. The highest BCUT2D eigenvalue weighted by molar-refractivity contribution is 5.09. The fourth-order valence-electron chi connectivity index (χ4n) is 2.66. The molecule has 0 amide bonds. The minimum atomic E-state index is -0.0586. The predicted octanol–water partition coefficient (Wildman–Crippen LogP) is 2.15. The minimum Gasteiger partial charge on any atom is -0.393 e. The average Bonchev–Trinajstić information content (AvgIpc) is 2.77. The summed E-state index contributed by atoms with van der Waals surface area (Å²) in [7, 11) is 0. The van der Waals surface area contributed by atoms with E-state index in [-0.39, 0.29) is 6.10 Å². The summed E-state index contributed by atoms with van der Waals surface area (Å²) in [5, 5.41) is 13.1. The van der Waals surface area contributed by atoms with Crippen LogP contribution in [-0.4, -0.2) is 22.3 Å². The predicted molar refractivity (Wildman–Crippen MR) is 69.8 cm³/mol. The third-order valence-electron chi connectivity index (χ3n) is 3.69. The number of hydrogen-bond acceptors (Lipinski definition) is 2. The number of rotatable bonds is 5. The van der Waals surface area contributed by atoms with Crippen molar-refractivity contribution < 1.29 is 5.11 Å². The molecule has 1 aromatic heterocycles. The Balaban J connectivity index is 1.68. The quantitative estimate of drug-likeness (QED) is 0.822. The molecule has 1 aromatic rings. The van der Waals surface area contributed by atoms with Gasteiger partial charge in [-0.25, -0.2) is 0 Å². The second-order valence-electron chi connectivity index (χ2n) is 5.17. The summed E-state index contributed by atoms with van der Waals surface area (Å²) in [5.74, 6) is 0.659. The zero-order valence-electron chi connectivity index (χ0n) is 10.7. The Bertz CT molecular complexity index is 335. The first-order chi connectivity index (χ1) is 8.28. The molecule has 1 aliphatic carbocycles. The van der Waals surface area contributed by atoms with Crippen molar-refractivity contribution in [1.29, 1.82) is 0 Å². The maximum Gasteiger partial charge on any atom is 0.0543 e. The number of nitrogens with zero attached hydrogens (tertiary/aromatic N) is 1. The third kappa shape index (κ3) is 3.86. The van der Waals surface area contributed by atoms with Gasteiger partial charge in [-0.05, 0) is 50.3 Å². The molecule has 1 aliphatic rings. The minimum absolute atomic E-state index is 0.0586. The molecular formula is C14H24N2O. The van der Waals surface area contributed by atoms with Crippen molar-refractivity contribution in [1.82, 2.24) is 9.88 Å². The fraction of sp³-hybridized carbons (Fsp3) is 0.714. The van der Waals surface area contributed by atoms with Gasteiger partial charge in [-0.2, -0.15) is 0 Å². The molecule has 96 valence electrons. The molecule has 0 bridgehead atoms. The van der Waals surface area contributed by atoms with E-state index in [0.29, 0.717) is 5.92 Å². The number of aliphatic hydroxyl groups excluding tert-OH is 1. The molecule has 2 atom stereocenters. The molecule has 3 nitrogen and oxygen atoms in total. The van der Waals surface area contributed by atoms with E-state index in [9.17, 15) is 5.11 Å². The van der Waals surface area contributed by atoms with Crippen molar-refractivity contribution in [3.05, 3.63) is 24.0 Å². The highest BCUT2D eigenvalue weighted by atomic mass is 16.3. The highest BCUT2D eigenvalue weighted by Gasteiger charge is 2.19. The van der Waals surface area contributed by atoms with Crippen LogP contribution in [0.25, 0.3) is 0 Å². The summed E-state index contributed by atoms with van der Waals surface area (Å²) in [6, 6.07) is 2.17. The van der Waals surface area contributed by atoms with Crippen molar-refractivity contribution in [3.63, 3.8) is 0 Å². The summed E-state index contributed by atoms with van der Waals surface area (Å²) in [5.41, 5.74) is 1.35. The zero-order chi connectivity index (χ0) is 12.1. The van der Waals surface area contributed by atoms with E-state index in [1.54, 1.807) is 0 Å². The van der Waals surface area contributed by atoms with Gasteiger partial charge in [0.2, 0.25) is 0 Å². The van der Waals surface area contributed by atoms with E-state index >= 15 is 0 Å². The second-order valence-corrected chi connectivity index (χ2v) is 5.17. The maximum atomic E-state index is 9.60. The molecule has 2 unspecified atom stereocenters. The smallest absolute Gasteiger partial charge is 0.0543 e. The molecule has 2 rings (SSSR count). The van der Waals surface area contributed by atoms with Crippen LogP contribution < -0.4 is 5.32 Å². The van der Waals surface area contributed by atoms with E-state index in [2.05, 4.69) is 35.3 Å². The molecule has 1 fully saturated rings. The Morgan fingerprint density at radius 3 is 3.06 bits per heavy atom. The van der Waals surface area contributed by atoms with Crippen LogP contribution in [0.3, 0.4) is 0 Å². The lowest BCUT2D eigenvalue weighted by Gasteiger charge is -2.25. The molecule has 0 aromatic carbocycles. The Morgan fingerprint density at radius 1 is 1.47 bits per heavy atom. The van der Waals surface area contributed by atoms with Crippen LogP contribution in [0, 0.1) is 5.92 Å². The van der Waals surface area contributed by atoms with Crippen LogP contribution in [0.5, 0.6) is 0 Å². The van der Waals surface area contributed by atoms with E-state index in [0.717, 1.165) is 32.5 Å². The van der Waals surface area contributed by atoms with Crippen LogP contribution in [0.15, 0.2) is 18.5 Å². The fourth-order valence-corrected chi connectivity index (χ4v) is 2.66. The van der Waals surface area contributed by atoms with Gasteiger partial charge in [-0.3, -0.25) is 0 Å². The highest BCUT2D eigenvalue weighted by Crippen LogP contribution is 2.23. The zero-order valence-corrected chi connectivity index (χ0v) is 10.7. The molecule has 1 heterocycles. The van der Waals surface area contributed by atoms with E-state index in [4.69, 9.17) is 0 Å². The first-order valence-electron chi connectivity index (χ1n) is 6.81. The Hall–Kier alpha value is -0.800. The molecule has 3 heteroatoms. The van der Waals surface area contributed by atoms with Crippen LogP contribution in [0.2, 0.25) is 0 Å². The lowest BCUT2D eigenvalue weighted by Crippen LogP contribution is -2.28. The largest absolute Gasteiger partial charge is 0.393 e. The molecular weight excluding hydrogens is 212 g/mol. The van der Waals surface area contributed by atoms with Crippen LogP contribution in [0.4, 0.5) is 0 Å². The Kier molecular flexibility index (Phi) is 4.63. The molecule has 0 aliphatic heterocycles. The first-order valence-corrected chi connectivity index (χ1v) is 6.81. The summed E-state index contributed by atoms with van der Waals surface area (Å²) in [4.78, 5) is 0. The van der Waals surface area contributed by atoms with Crippen LogP contribution >= 0.6 is 0 Å². The van der Waals surface area contributed by atoms with Gasteiger partial charge in [0, 0.05) is 25.5 Å². The van der Waals surface area contributed by atoms with E-state index < -0.39 is 0 Å². The van der Waals surface area contributed by atoms with Crippen molar-refractivity contribution in [3.8, 4) is 0 Å². The summed E-state index contributed by atoms with van der Waals surface area (Å²) < 4.78 is 2.20. The van der Waals surface area contributed by atoms with Gasteiger partial charge in [0.05, 0.1) is 6.10 Å². The Morgan fingerprint density at radius 2 is 2.35 bits per heavy atom. The number of aryl methyl sites for hydroxylation is 1. The molecule has 17 heavy (non-hydrogen) atoms. The second kappa shape index (κ2) is 6.22. The SMILES string of the molecule is CCn1ccc(CNCC2CCCC(O)C2)c1. The van der Waals surface area contributed by atoms with Gasteiger partial charge in [0.25, 0.3) is 0 Å². The van der Waals surface area contributed by atoms with Gasteiger partial charge >= 0.3 is 0 Å². The molecule has 2 N–H and O–H groups in total. The van der Waals surface area contributed by atoms with Crippen molar-refractivity contribution in [2.24, 2.45) is 5.92 Å². The standard InChI is InChI=1S/C14H24N2O/c1-2-16-7-6-13(11-16)10-15-9-12-4-3-5-14(17)8-12/h6-7,11-12,14-15,17H,2-5,8-10H2,1H3. The number of aromatic nitrogens is 1. The van der Waals surface area contributed by atoms with Crippen molar-refractivity contribution >= 4 is 0 Å². The average molecular weight is 236 g/mol. The van der Waals surface area contributed by atoms with Crippen LogP contribution in [0.1, 0.15) is 38.2 Å². The molecule has 0 radical (unpaired) electrons. The molecule has 1 saturated carbocycles. The third-order valence-corrected chi connectivity index (χ3v) is 3.69. The van der Waals surface area contributed by atoms with Gasteiger partial charge in [-0.15, -0.1) is 0 Å². The number of aliphatic hydroxyl groups is 1. The van der Waals surface area contributed by atoms with Crippen molar-refractivity contribution in [2.45, 2.75) is 51.8 Å². The molecule has 0 saturated heterocycles. The molecule has 0 spiro atoms. The number of nitrogens with one attached hydrogen (secondary N) is 1. The maximum absolute atomic E-state index is 9.60. The topological polar surface area (TPSA) is 37.2 Å². The van der Waals surface area contributed by atoms with E-state index in [1.807, 2.05) is 0 Å². The van der Waals surface area contributed by atoms with E-state index in [1.165, 1.54) is 18.4 Å². The summed E-state index contributed by atoms with van der Waals surface area (Å²) in [6.07, 6.45) is 8.68. The summed E-state index contributed by atoms with van der Waals surface area (Å²) in [6.45, 7) is 5.17.